The van der Waals surface area contributed by atoms with Gasteiger partial charge in [0.2, 0.25) is 0 Å². The van der Waals surface area contributed by atoms with E-state index >= 15 is 0 Å². The summed E-state index contributed by atoms with van der Waals surface area (Å²) in [4.78, 5) is 17.0. The standard InChI is InChI=1S/C13H16N2OS/c1-3-12(16)11-4-6-15(8-11)7-5-13-10(2)14-9-17-13/h4,6,8-9H,3,5,7H2,1-2H3. The minimum absolute atomic E-state index is 0.206. The zero-order valence-electron chi connectivity index (χ0n) is 10.1. The molecule has 0 N–H and O–H groups in total. The van der Waals surface area contributed by atoms with Crippen LogP contribution >= 0.6 is 11.3 Å². The van der Waals surface area contributed by atoms with E-state index in [1.807, 2.05) is 37.8 Å². The summed E-state index contributed by atoms with van der Waals surface area (Å²) in [7, 11) is 0. The van der Waals surface area contributed by atoms with Crippen molar-refractivity contribution in [1.29, 1.82) is 0 Å². The van der Waals surface area contributed by atoms with Gasteiger partial charge in [-0.25, -0.2) is 4.98 Å². The molecule has 0 fully saturated rings. The van der Waals surface area contributed by atoms with Gasteiger partial charge in [0.05, 0.1) is 11.2 Å². The van der Waals surface area contributed by atoms with Gasteiger partial charge in [0.15, 0.2) is 5.78 Å². The molecule has 2 heterocycles. The Morgan fingerprint density at radius 2 is 2.35 bits per heavy atom. The number of hydrogen-bond acceptors (Lipinski definition) is 3. The first-order valence-corrected chi connectivity index (χ1v) is 6.66. The molecule has 0 radical (unpaired) electrons. The highest BCUT2D eigenvalue weighted by molar-refractivity contribution is 7.09. The molecule has 0 bridgehead atoms. The fraction of sp³-hybridized carbons (Fsp3) is 0.385. The van der Waals surface area contributed by atoms with Gasteiger partial charge in [-0.2, -0.15) is 0 Å². The van der Waals surface area contributed by atoms with Gasteiger partial charge in [0, 0.05) is 42.2 Å². The summed E-state index contributed by atoms with van der Waals surface area (Å²) < 4.78 is 2.07. The van der Waals surface area contributed by atoms with Crippen LogP contribution in [0.15, 0.2) is 24.0 Å². The molecule has 0 saturated carbocycles. The molecule has 2 rings (SSSR count). The van der Waals surface area contributed by atoms with Gasteiger partial charge in [-0.15, -0.1) is 11.3 Å². The van der Waals surface area contributed by atoms with Gasteiger partial charge in [0.1, 0.15) is 0 Å². The zero-order valence-corrected chi connectivity index (χ0v) is 11.0. The first-order chi connectivity index (χ1) is 8.20. The maximum Gasteiger partial charge on any atom is 0.164 e. The van der Waals surface area contributed by atoms with Crippen LogP contribution in [0.2, 0.25) is 0 Å². The van der Waals surface area contributed by atoms with Gasteiger partial charge < -0.3 is 4.57 Å². The molecule has 0 aromatic carbocycles. The summed E-state index contributed by atoms with van der Waals surface area (Å²) >= 11 is 1.70. The third kappa shape index (κ3) is 2.82. The Kier molecular flexibility index (Phi) is 3.74. The molecule has 90 valence electrons. The van der Waals surface area contributed by atoms with Crippen LogP contribution in [0, 0.1) is 6.92 Å². The second-order valence-electron chi connectivity index (χ2n) is 4.03. The molecule has 0 aliphatic heterocycles. The highest BCUT2D eigenvalue weighted by atomic mass is 32.1. The molecular formula is C13H16N2OS. The third-order valence-electron chi connectivity index (χ3n) is 2.84. The predicted octanol–water partition coefficient (Wildman–Crippen LogP) is 3.09. The van der Waals surface area contributed by atoms with Gasteiger partial charge in [0.25, 0.3) is 0 Å². The van der Waals surface area contributed by atoms with E-state index in [0.717, 1.165) is 24.2 Å². The molecule has 2 aromatic rings. The molecule has 0 saturated heterocycles. The molecular weight excluding hydrogens is 232 g/mol. The van der Waals surface area contributed by atoms with Crippen LogP contribution in [-0.4, -0.2) is 15.3 Å². The van der Waals surface area contributed by atoms with Crippen molar-refractivity contribution in [2.24, 2.45) is 0 Å². The topological polar surface area (TPSA) is 34.9 Å². The number of thiazole rings is 1. The second-order valence-corrected chi connectivity index (χ2v) is 4.97. The molecule has 2 aromatic heterocycles. The summed E-state index contributed by atoms with van der Waals surface area (Å²) in [5, 5.41) is 0. The molecule has 0 aliphatic rings. The zero-order chi connectivity index (χ0) is 12.3. The van der Waals surface area contributed by atoms with E-state index in [9.17, 15) is 4.79 Å². The largest absolute Gasteiger partial charge is 0.353 e. The SMILES string of the molecule is CCC(=O)c1ccn(CCc2scnc2C)c1. The normalized spacial score (nSPS) is 10.7. The quantitative estimate of drug-likeness (QED) is 0.762. The molecule has 0 spiro atoms. The first kappa shape index (κ1) is 12.0. The molecule has 3 nitrogen and oxygen atoms in total. The Morgan fingerprint density at radius 1 is 1.53 bits per heavy atom. The number of aryl methyl sites for hydroxylation is 3. The van der Waals surface area contributed by atoms with Crippen LogP contribution in [0.3, 0.4) is 0 Å². The summed E-state index contributed by atoms with van der Waals surface area (Å²) in [6, 6.07) is 1.89. The Balaban J connectivity index is 1.98. The van der Waals surface area contributed by atoms with Crippen molar-refractivity contribution in [3.63, 3.8) is 0 Å². The number of rotatable bonds is 5. The van der Waals surface area contributed by atoms with Gasteiger partial charge in [-0.3, -0.25) is 4.79 Å². The number of hydrogen-bond donors (Lipinski definition) is 0. The maximum atomic E-state index is 11.5. The molecule has 0 unspecified atom stereocenters. The molecule has 0 atom stereocenters. The lowest BCUT2D eigenvalue weighted by Gasteiger charge is -2.01. The fourth-order valence-electron chi connectivity index (χ4n) is 1.75. The molecule has 4 heteroatoms. The lowest BCUT2D eigenvalue weighted by atomic mass is 10.2. The van der Waals surface area contributed by atoms with Crippen molar-refractivity contribution in [2.45, 2.75) is 33.2 Å². The Labute approximate surface area is 105 Å². The fourth-order valence-corrected chi connectivity index (χ4v) is 2.52. The second kappa shape index (κ2) is 5.27. The van der Waals surface area contributed by atoms with E-state index in [-0.39, 0.29) is 5.78 Å². The summed E-state index contributed by atoms with van der Waals surface area (Å²) in [6.45, 7) is 4.83. The Hall–Kier alpha value is -1.42. The van der Waals surface area contributed by atoms with E-state index < -0.39 is 0 Å². The molecule has 0 amide bonds. The van der Waals surface area contributed by atoms with Crippen molar-refractivity contribution in [3.8, 4) is 0 Å². The van der Waals surface area contributed by atoms with Crippen LogP contribution in [0.5, 0.6) is 0 Å². The number of Topliss-reactive ketones (excluding diaryl/α,β-unsaturated/α-hetero) is 1. The van der Waals surface area contributed by atoms with E-state index in [2.05, 4.69) is 9.55 Å². The van der Waals surface area contributed by atoms with Crippen LogP contribution in [0.4, 0.5) is 0 Å². The lowest BCUT2D eigenvalue weighted by Crippen LogP contribution is -1.99. The summed E-state index contributed by atoms with van der Waals surface area (Å²) in [5.74, 6) is 0.206. The van der Waals surface area contributed by atoms with Crippen LogP contribution in [0.1, 0.15) is 34.3 Å². The van der Waals surface area contributed by atoms with Crippen molar-refractivity contribution in [2.75, 3.05) is 0 Å². The number of carbonyl (C=O) groups excluding carboxylic acids is 1. The highest BCUT2D eigenvalue weighted by Crippen LogP contribution is 2.14. The predicted molar refractivity (Wildman–Crippen MR) is 69.6 cm³/mol. The van der Waals surface area contributed by atoms with Gasteiger partial charge >= 0.3 is 0 Å². The van der Waals surface area contributed by atoms with Crippen molar-refractivity contribution >= 4 is 17.1 Å². The Bertz CT molecular complexity index is 513. The van der Waals surface area contributed by atoms with E-state index in [1.165, 1.54) is 4.88 Å². The van der Waals surface area contributed by atoms with Crippen LogP contribution in [-0.2, 0) is 13.0 Å². The summed E-state index contributed by atoms with van der Waals surface area (Å²) in [5.41, 5.74) is 3.81. The first-order valence-electron chi connectivity index (χ1n) is 5.78. The number of aromatic nitrogens is 2. The lowest BCUT2D eigenvalue weighted by molar-refractivity contribution is 0.0988. The van der Waals surface area contributed by atoms with Gasteiger partial charge in [-0.1, -0.05) is 6.92 Å². The summed E-state index contributed by atoms with van der Waals surface area (Å²) in [6.07, 6.45) is 5.45. The Morgan fingerprint density at radius 3 is 3.00 bits per heavy atom. The van der Waals surface area contributed by atoms with E-state index in [0.29, 0.717) is 6.42 Å². The number of ketones is 1. The number of nitrogens with zero attached hydrogens (tertiary/aromatic N) is 2. The van der Waals surface area contributed by atoms with Crippen molar-refractivity contribution < 1.29 is 4.79 Å². The third-order valence-corrected chi connectivity index (χ3v) is 3.83. The molecule has 0 aliphatic carbocycles. The van der Waals surface area contributed by atoms with Gasteiger partial charge in [-0.05, 0) is 13.0 Å². The van der Waals surface area contributed by atoms with Crippen molar-refractivity contribution in [1.82, 2.24) is 9.55 Å². The maximum absolute atomic E-state index is 11.5. The molecule has 17 heavy (non-hydrogen) atoms. The smallest absolute Gasteiger partial charge is 0.164 e. The minimum Gasteiger partial charge on any atom is -0.353 e. The van der Waals surface area contributed by atoms with E-state index in [4.69, 9.17) is 0 Å². The average Bonchev–Trinajstić information content (AvgIpc) is 2.94. The number of carbonyl (C=O) groups is 1. The average molecular weight is 248 g/mol. The van der Waals surface area contributed by atoms with E-state index in [1.54, 1.807) is 11.3 Å². The highest BCUT2D eigenvalue weighted by Gasteiger charge is 2.06. The minimum atomic E-state index is 0.206. The monoisotopic (exact) mass is 248 g/mol. The van der Waals surface area contributed by atoms with Crippen LogP contribution < -0.4 is 0 Å². The van der Waals surface area contributed by atoms with Crippen LogP contribution in [0.25, 0.3) is 0 Å². The van der Waals surface area contributed by atoms with Crippen molar-refractivity contribution in [3.05, 3.63) is 40.1 Å².